The van der Waals surface area contributed by atoms with Gasteiger partial charge in [-0.1, -0.05) is 0 Å². The number of hydrogen-bond donors (Lipinski definition) is 1. The molecular weight excluding hydrogens is 140 g/mol. The molecule has 54 valence electrons. The summed E-state index contributed by atoms with van der Waals surface area (Å²) in [5, 5.41) is 0.809. The quantitative estimate of drug-likeness (QED) is 0.503. The SMILES string of the molecule is SC1CC2C3C4C1[C@@H]3C[C@@H]24. The molecular formula is C9H12S. The zero-order valence-electron chi connectivity index (χ0n) is 5.90. The molecule has 0 heterocycles. The molecule has 0 spiro atoms. The third-order valence-corrected chi connectivity index (χ3v) is 5.47. The second kappa shape index (κ2) is 1.20. The fraction of sp³-hybridized carbons (Fsp3) is 1.00. The van der Waals surface area contributed by atoms with Crippen LogP contribution in [0.25, 0.3) is 0 Å². The second-order valence-electron chi connectivity index (χ2n) is 4.76. The van der Waals surface area contributed by atoms with Gasteiger partial charge in [-0.25, -0.2) is 0 Å². The molecule has 0 aromatic carbocycles. The van der Waals surface area contributed by atoms with Gasteiger partial charge >= 0.3 is 0 Å². The minimum Gasteiger partial charge on any atom is -0.176 e. The summed E-state index contributed by atoms with van der Waals surface area (Å²) in [7, 11) is 0. The molecule has 7 atom stereocenters. The van der Waals surface area contributed by atoms with Gasteiger partial charge in [-0.2, -0.15) is 12.6 Å². The molecule has 6 bridgehead atoms. The number of hydrogen-bond acceptors (Lipinski definition) is 1. The van der Waals surface area contributed by atoms with Gasteiger partial charge in [0.1, 0.15) is 0 Å². The molecule has 0 aliphatic heterocycles. The molecule has 0 amide bonds. The van der Waals surface area contributed by atoms with Crippen molar-refractivity contribution in [3.8, 4) is 0 Å². The van der Waals surface area contributed by atoms with Gasteiger partial charge in [0, 0.05) is 5.25 Å². The highest BCUT2D eigenvalue weighted by molar-refractivity contribution is 7.81. The Morgan fingerprint density at radius 2 is 1.60 bits per heavy atom. The Balaban J connectivity index is 1.90. The largest absolute Gasteiger partial charge is 0.176 e. The smallest absolute Gasteiger partial charge is 0.00535 e. The van der Waals surface area contributed by atoms with Crippen molar-refractivity contribution >= 4 is 12.6 Å². The summed E-state index contributed by atoms with van der Waals surface area (Å²) in [5.41, 5.74) is 0. The molecule has 0 aromatic rings. The van der Waals surface area contributed by atoms with Crippen molar-refractivity contribution in [1.82, 2.24) is 0 Å². The van der Waals surface area contributed by atoms with Gasteiger partial charge in [0.15, 0.2) is 0 Å². The summed E-state index contributed by atoms with van der Waals surface area (Å²) in [4.78, 5) is 0. The van der Waals surface area contributed by atoms with E-state index >= 15 is 0 Å². The highest BCUT2D eigenvalue weighted by Crippen LogP contribution is 2.81. The van der Waals surface area contributed by atoms with E-state index in [1.54, 1.807) is 6.42 Å². The Bertz CT molecular complexity index is 192. The van der Waals surface area contributed by atoms with E-state index in [9.17, 15) is 0 Å². The standard InChI is InChI=1S/C9H12S/c10-6-2-4-3-1-5-7(4)9(3)8(5)6/h3-10H,1-2H2/t3-,4?,5+,6?,7?,8?,9?/m0/s1. The average Bonchev–Trinajstić information content (AvgIpc) is 2.45. The number of rotatable bonds is 0. The van der Waals surface area contributed by atoms with Crippen molar-refractivity contribution in [1.29, 1.82) is 0 Å². The Hall–Kier alpha value is 0.350. The Morgan fingerprint density at radius 3 is 2.10 bits per heavy atom. The lowest BCUT2D eigenvalue weighted by atomic mass is 9.41. The summed E-state index contributed by atoms with van der Waals surface area (Å²) in [6.45, 7) is 0. The maximum Gasteiger partial charge on any atom is 0.00535 e. The molecule has 8 fully saturated rings. The van der Waals surface area contributed by atoms with Gasteiger partial charge in [-0.15, -0.1) is 0 Å². The van der Waals surface area contributed by atoms with Crippen LogP contribution in [-0.2, 0) is 0 Å². The first-order valence-electron chi connectivity index (χ1n) is 4.56. The van der Waals surface area contributed by atoms with E-state index in [2.05, 4.69) is 12.6 Å². The van der Waals surface area contributed by atoms with E-state index in [0.29, 0.717) is 0 Å². The lowest BCUT2D eigenvalue weighted by molar-refractivity contribution is -0.149. The molecule has 0 radical (unpaired) electrons. The molecule has 0 saturated heterocycles. The van der Waals surface area contributed by atoms with Crippen LogP contribution < -0.4 is 0 Å². The van der Waals surface area contributed by atoms with Crippen LogP contribution in [0.5, 0.6) is 0 Å². The summed E-state index contributed by atoms with van der Waals surface area (Å²) in [6, 6.07) is 0. The van der Waals surface area contributed by atoms with E-state index in [4.69, 9.17) is 0 Å². The van der Waals surface area contributed by atoms with Crippen molar-refractivity contribution in [2.45, 2.75) is 18.1 Å². The highest BCUT2D eigenvalue weighted by atomic mass is 32.1. The molecule has 0 N–H and O–H groups in total. The predicted molar refractivity (Wildman–Crippen MR) is 42.9 cm³/mol. The van der Waals surface area contributed by atoms with Gasteiger partial charge in [0.25, 0.3) is 0 Å². The summed E-state index contributed by atoms with van der Waals surface area (Å²) in [6.07, 6.45) is 3.07. The van der Waals surface area contributed by atoms with E-state index < -0.39 is 0 Å². The van der Waals surface area contributed by atoms with Gasteiger partial charge in [0.05, 0.1) is 0 Å². The first-order valence-corrected chi connectivity index (χ1v) is 5.07. The Morgan fingerprint density at radius 1 is 0.800 bits per heavy atom. The van der Waals surface area contributed by atoms with Crippen LogP contribution in [0.3, 0.4) is 0 Å². The van der Waals surface area contributed by atoms with Gasteiger partial charge in [0.2, 0.25) is 0 Å². The van der Waals surface area contributed by atoms with Gasteiger partial charge in [-0.05, 0) is 48.3 Å². The second-order valence-corrected chi connectivity index (χ2v) is 5.43. The van der Waals surface area contributed by atoms with E-state index in [1.807, 2.05) is 0 Å². The third kappa shape index (κ3) is 0.277. The average molecular weight is 152 g/mol. The fourth-order valence-corrected chi connectivity index (χ4v) is 5.47. The Labute approximate surface area is 66.8 Å². The van der Waals surface area contributed by atoms with Crippen LogP contribution in [0.2, 0.25) is 0 Å². The van der Waals surface area contributed by atoms with Crippen molar-refractivity contribution in [2.24, 2.45) is 35.5 Å². The molecule has 8 aliphatic carbocycles. The first-order chi connectivity index (χ1) is 4.88. The topological polar surface area (TPSA) is 0 Å². The minimum absolute atomic E-state index is 0.809. The van der Waals surface area contributed by atoms with E-state index in [-0.39, 0.29) is 0 Å². The normalized spacial score (nSPS) is 80.7. The van der Waals surface area contributed by atoms with Crippen LogP contribution in [0.4, 0.5) is 0 Å². The summed E-state index contributed by atoms with van der Waals surface area (Å²) < 4.78 is 0. The van der Waals surface area contributed by atoms with Crippen molar-refractivity contribution in [3.05, 3.63) is 0 Å². The maximum absolute atomic E-state index is 4.67. The molecule has 0 nitrogen and oxygen atoms in total. The molecule has 8 aliphatic rings. The van der Waals surface area contributed by atoms with Crippen LogP contribution in [0.1, 0.15) is 12.8 Å². The van der Waals surface area contributed by atoms with E-state index in [0.717, 1.165) is 23.0 Å². The predicted octanol–water partition coefficient (Wildman–Crippen LogP) is 1.82. The monoisotopic (exact) mass is 152 g/mol. The lowest BCUT2D eigenvalue weighted by Gasteiger charge is -2.65. The lowest BCUT2D eigenvalue weighted by Crippen LogP contribution is -2.62. The zero-order chi connectivity index (χ0) is 6.46. The van der Waals surface area contributed by atoms with Crippen molar-refractivity contribution in [3.63, 3.8) is 0 Å². The third-order valence-electron chi connectivity index (χ3n) is 4.92. The van der Waals surface area contributed by atoms with Crippen LogP contribution in [0, 0.1) is 35.5 Å². The minimum atomic E-state index is 0.809. The summed E-state index contributed by atoms with van der Waals surface area (Å²) >= 11 is 4.67. The number of thiol groups is 1. The first kappa shape index (κ1) is 5.08. The van der Waals surface area contributed by atoms with Gasteiger partial charge < -0.3 is 0 Å². The fourth-order valence-electron chi connectivity index (χ4n) is 4.81. The molecule has 0 aromatic heterocycles. The van der Waals surface area contributed by atoms with Gasteiger partial charge in [-0.3, -0.25) is 0 Å². The van der Waals surface area contributed by atoms with Crippen LogP contribution in [0.15, 0.2) is 0 Å². The highest BCUT2D eigenvalue weighted by Gasteiger charge is 2.76. The maximum atomic E-state index is 4.67. The molecule has 1 heteroatoms. The van der Waals surface area contributed by atoms with E-state index in [1.165, 1.54) is 24.2 Å². The van der Waals surface area contributed by atoms with Crippen molar-refractivity contribution in [2.75, 3.05) is 0 Å². The molecule has 10 heavy (non-hydrogen) atoms. The Kier molecular flexibility index (Phi) is 0.607. The summed E-state index contributed by atoms with van der Waals surface area (Å²) in [5.74, 6) is 7.01. The van der Waals surface area contributed by atoms with Crippen molar-refractivity contribution < 1.29 is 0 Å². The van der Waals surface area contributed by atoms with Crippen LogP contribution >= 0.6 is 12.6 Å². The molecule has 8 rings (SSSR count). The molecule has 5 unspecified atom stereocenters. The zero-order valence-corrected chi connectivity index (χ0v) is 6.80. The van der Waals surface area contributed by atoms with Crippen LogP contribution in [-0.4, -0.2) is 5.25 Å². The molecule has 8 saturated carbocycles.